The van der Waals surface area contributed by atoms with Crippen LogP contribution in [0.4, 0.5) is 10.2 Å². The van der Waals surface area contributed by atoms with Crippen molar-refractivity contribution in [1.82, 2.24) is 14.5 Å². The van der Waals surface area contributed by atoms with Crippen LogP contribution < -0.4 is 5.32 Å². The van der Waals surface area contributed by atoms with E-state index in [4.69, 9.17) is 19.3 Å². The van der Waals surface area contributed by atoms with Gasteiger partial charge in [0.15, 0.2) is 6.23 Å². The molecule has 0 unspecified atom stereocenters. The summed E-state index contributed by atoms with van der Waals surface area (Å²) in [6.07, 6.45) is -4.38. The summed E-state index contributed by atoms with van der Waals surface area (Å²) in [5.74, 6) is -0.329. The summed E-state index contributed by atoms with van der Waals surface area (Å²) in [7, 11) is -4.41. The lowest BCUT2D eigenvalue weighted by atomic mass is 10.1. The monoisotopic (exact) mass is 507 g/mol. The maximum atomic E-state index is 14.2. The van der Waals surface area contributed by atoms with Gasteiger partial charge in [-0.1, -0.05) is 18.2 Å². The molecule has 4 rings (SSSR count). The van der Waals surface area contributed by atoms with Gasteiger partial charge in [-0.25, -0.2) is 14.4 Å². The summed E-state index contributed by atoms with van der Waals surface area (Å²) in [5, 5.41) is 33.9. The number of anilines is 1. The third kappa shape index (κ3) is 5.34. The molecule has 0 aliphatic carbocycles. The summed E-state index contributed by atoms with van der Waals surface area (Å²) < 4.78 is 37.2. The maximum absolute atomic E-state index is 14.2. The minimum atomic E-state index is -4.41. The van der Waals surface area contributed by atoms with E-state index >= 15 is 0 Å². The van der Waals surface area contributed by atoms with E-state index in [1.54, 1.807) is 31.2 Å². The van der Waals surface area contributed by atoms with Crippen molar-refractivity contribution in [2.24, 2.45) is 0 Å². The molecule has 35 heavy (non-hydrogen) atoms. The number of aliphatic hydroxyl groups excluding tert-OH is 2. The molecule has 3 heterocycles. The molecule has 186 valence electrons. The molecule has 14 heteroatoms. The quantitative estimate of drug-likeness (QED) is 0.278. The first kappa shape index (κ1) is 25.2. The molecule has 5 atom stereocenters. The molecular formula is C21H23FN5O7P. The number of nitrogens with one attached hydrogen (secondary N) is 1. The van der Waals surface area contributed by atoms with E-state index in [1.165, 1.54) is 16.8 Å². The lowest BCUT2D eigenvalue weighted by molar-refractivity contribution is -0.0610. The molecule has 0 spiro atoms. The van der Waals surface area contributed by atoms with E-state index in [9.17, 15) is 24.4 Å². The van der Waals surface area contributed by atoms with Crippen molar-refractivity contribution < 1.29 is 38.4 Å². The van der Waals surface area contributed by atoms with E-state index in [1.807, 2.05) is 6.07 Å². The number of hydrogen-bond donors (Lipinski definition) is 5. The predicted octanol–water partition coefficient (Wildman–Crippen LogP) is 1.39. The highest BCUT2D eigenvalue weighted by molar-refractivity contribution is 7.51. The Bertz CT molecular complexity index is 1310. The Labute approximate surface area is 198 Å². The van der Waals surface area contributed by atoms with Crippen LogP contribution in [0.5, 0.6) is 0 Å². The zero-order valence-electron chi connectivity index (χ0n) is 18.4. The second-order valence-electron chi connectivity index (χ2n) is 8.07. The summed E-state index contributed by atoms with van der Waals surface area (Å²) in [6.45, 7) is 1.36. The smallest absolute Gasteiger partial charge is 0.350 e. The van der Waals surface area contributed by atoms with Crippen molar-refractivity contribution in [3.8, 4) is 6.07 Å². The summed E-state index contributed by atoms with van der Waals surface area (Å²) in [6, 6.07) is 9.22. The van der Waals surface area contributed by atoms with E-state index < -0.39 is 50.3 Å². The first-order valence-electron chi connectivity index (χ1n) is 10.5. The average Bonchev–Trinajstić information content (AvgIpc) is 3.34. The van der Waals surface area contributed by atoms with Crippen LogP contribution in [0.1, 0.15) is 30.6 Å². The van der Waals surface area contributed by atoms with Gasteiger partial charge < -0.3 is 39.4 Å². The van der Waals surface area contributed by atoms with Crippen molar-refractivity contribution in [1.29, 1.82) is 5.26 Å². The molecule has 0 amide bonds. The van der Waals surface area contributed by atoms with Crippen molar-refractivity contribution in [3.05, 3.63) is 53.7 Å². The van der Waals surface area contributed by atoms with Gasteiger partial charge in [-0.2, -0.15) is 5.26 Å². The highest BCUT2D eigenvalue weighted by Crippen LogP contribution is 2.36. The number of hydrogen-bond acceptors (Lipinski definition) is 9. The van der Waals surface area contributed by atoms with Gasteiger partial charge in [0.2, 0.25) is 5.82 Å². The topological polar surface area (TPSA) is 183 Å². The Balaban J connectivity index is 1.62. The average molecular weight is 507 g/mol. The zero-order valence-corrected chi connectivity index (χ0v) is 19.3. The fraction of sp³-hybridized carbons (Fsp3) is 0.381. The summed E-state index contributed by atoms with van der Waals surface area (Å²) in [5.41, 5.74) is 0.612. The molecule has 3 aromatic rings. The van der Waals surface area contributed by atoms with E-state index in [0.29, 0.717) is 10.9 Å². The molecule has 0 saturated carbocycles. The first-order chi connectivity index (χ1) is 16.6. The number of halogens is 1. The standard InChI is InChI=1S/C21H23FN5O7P/c1-11(12-4-2-3-5-14(12)22)24-19-13-6-7-27(20(13)26-16(8-23)25-19)21-18(29)17(28)15(34-21)9-33-10-35(30,31)32/h2-7,11,15,17-18,21,28-29H,9-10H2,1H3,(H,24,25,26)(H2,30,31,32)/t11-,15+,17+,18+,21+/m0/s1. The molecule has 1 aromatic carbocycles. The third-order valence-electron chi connectivity index (χ3n) is 5.55. The second kappa shape index (κ2) is 9.96. The van der Waals surface area contributed by atoms with Gasteiger partial charge in [0.25, 0.3) is 0 Å². The predicted molar refractivity (Wildman–Crippen MR) is 119 cm³/mol. The Hall–Kier alpha value is -2.95. The summed E-state index contributed by atoms with van der Waals surface area (Å²) in [4.78, 5) is 26.2. The Kier molecular flexibility index (Phi) is 7.16. The van der Waals surface area contributed by atoms with Gasteiger partial charge >= 0.3 is 7.60 Å². The molecule has 12 nitrogen and oxygen atoms in total. The Morgan fingerprint density at radius 1 is 1.29 bits per heavy atom. The van der Waals surface area contributed by atoms with Crippen LogP contribution in [0, 0.1) is 17.1 Å². The molecular weight excluding hydrogens is 484 g/mol. The fourth-order valence-corrected chi connectivity index (χ4v) is 4.24. The summed E-state index contributed by atoms with van der Waals surface area (Å²) >= 11 is 0. The van der Waals surface area contributed by atoms with Crippen LogP contribution in [0.25, 0.3) is 11.0 Å². The zero-order chi connectivity index (χ0) is 25.3. The molecule has 5 N–H and O–H groups in total. The molecule has 1 fully saturated rings. The lowest BCUT2D eigenvalue weighted by Crippen LogP contribution is -2.33. The van der Waals surface area contributed by atoms with E-state index in [0.717, 1.165) is 0 Å². The minimum absolute atomic E-state index is 0.185. The van der Waals surface area contributed by atoms with Gasteiger partial charge in [-0.3, -0.25) is 4.57 Å². The van der Waals surface area contributed by atoms with E-state index in [-0.39, 0.29) is 23.9 Å². The van der Waals surface area contributed by atoms with Gasteiger partial charge in [0, 0.05) is 11.8 Å². The van der Waals surface area contributed by atoms with Crippen molar-refractivity contribution in [2.45, 2.75) is 37.5 Å². The van der Waals surface area contributed by atoms with Crippen molar-refractivity contribution in [2.75, 3.05) is 18.3 Å². The molecule has 1 saturated heterocycles. The molecule has 0 radical (unpaired) electrons. The number of aliphatic hydroxyl groups is 2. The van der Waals surface area contributed by atoms with E-state index in [2.05, 4.69) is 15.3 Å². The van der Waals surface area contributed by atoms with Crippen LogP contribution >= 0.6 is 7.60 Å². The Morgan fingerprint density at radius 2 is 2.03 bits per heavy atom. The van der Waals surface area contributed by atoms with Gasteiger partial charge in [0.1, 0.15) is 48.0 Å². The highest BCUT2D eigenvalue weighted by Gasteiger charge is 2.44. The Morgan fingerprint density at radius 3 is 2.71 bits per heavy atom. The number of rotatable bonds is 8. The van der Waals surface area contributed by atoms with Crippen molar-refractivity contribution >= 4 is 24.4 Å². The molecule has 2 aromatic heterocycles. The largest absolute Gasteiger partial charge is 0.387 e. The minimum Gasteiger partial charge on any atom is -0.387 e. The van der Waals surface area contributed by atoms with Gasteiger partial charge in [0.05, 0.1) is 18.0 Å². The molecule has 1 aliphatic rings. The van der Waals surface area contributed by atoms with Crippen LogP contribution in [-0.4, -0.2) is 65.8 Å². The molecule has 0 bridgehead atoms. The number of aromatic nitrogens is 3. The van der Waals surface area contributed by atoms with Crippen LogP contribution in [0.15, 0.2) is 36.5 Å². The molecule has 1 aliphatic heterocycles. The number of nitriles is 1. The van der Waals surface area contributed by atoms with Crippen molar-refractivity contribution in [3.63, 3.8) is 0 Å². The van der Waals surface area contributed by atoms with Gasteiger partial charge in [-0.05, 0) is 19.1 Å². The number of fused-ring (bicyclic) bond motifs is 1. The van der Waals surface area contributed by atoms with Crippen LogP contribution in [-0.2, 0) is 14.0 Å². The SMILES string of the molecule is C[C@H](Nc1nc(C#N)nc2c1ccn2[C@@H]1O[C@H](COCP(=O)(O)O)[C@@H](O)[C@H]1O)c1ccccc1F. The van der Waals surface area contributed by atoms with Gasteiger partial charge in [-0.15, -0.1) is 0 Å². The normalized spacial score (nSPS) is 23.3. The van der Waals surface area contributed by atoms with Crippen LogP contribution in [0.3, 0.4) is 0 Å². The fourth-order valence-electron chi connectivity index (χ4n) is 3.89. The number of nitrogens with zero attached hydrogens (tertiary/aromatic N) is 4. The second-order valence-corrected chi connectivity index (χ2v) is 9.65. The van der Waals surface area contributed by atoms with Crippen LogP contribution in [0.2, 0.25) is 0 Å². The number of benzene rings is 1. The maximum Gasteiger partial charge on any atom is 0.350 e. The third-order valence-corrected chi connectivity index (χ3v) is 6.07. The number of ether oxygens (including phenoxy) is 2. The lowest BCUT2D eigenvalue weighted by Gasteiger charge is -2.19. The highest BCUT2D eigenvalue weighted by atomic mass is 31.2. The first-order valence-corrected chi connectivity index (χ1v) is 12.3.